The average molecular weight is 512 g/mol. The van der Waals surface area contributed by atoms with Gasteiger partial charge in [0.05, 0.1) is 12.6 Å². The summed E-state index contributed by atoms with van der Waals surface area (Å²) in [5.74, 6) is -1.23. The summed E-state index contributed by atoms with van der Waals surface area (Å²) in [6, 6.07) is 11.0. The molecule has 5 rings (SSSR count). The Bertz CT molecular complexity index is 1470. The third kappa shape index (κ3) is 4.26. The fourth-order valence-electron chi connectivity index (χ4n) is 4.65. The maximum atomic E-state index is 14.1. The molecule has 0 spiro atoms. The largest absolute Gasteiger partial charge is 0.493 e. The molecule has 12 heteroatoms. The summed E-state index contributed by atoms with van der Waals surface area (Å²) in [7, 11) is 4.67. The molecule has 0 unspecified atom stereocenters. The average Bonchev–Trinajstić information content (AvgIpc) is 3.47. The van der Waals surface area contributed by atoms with Crippen LogP contribution in [0.15, 0.2) is 48.9 Å². The van der Waals surface area contributed by atoms with Crippen molar-refractivity contribution in [2.24, 2.45) is 12.5 Å². The van der Waals surface area contributed by atoms with Gasteiger partial charge in [-0.25, -0.2) is 15.0 Å². The van der Waals surface area contributed by atoms with Crippen LogP contribution in [0.4, 0.5) is 19.0 Å². The molecule has 1 aromatic carbocycles. The van der Waals surface area contributed by atoms with E-state index in [1.165, 1.54) is 24.4 Å². The lowest BCUT2D eigenvalue weighted by Crippen LogP contribution is -2.49. The molecule has 4 aromatic rings. The minimum atomic E-state index is -4.74. The van der Waals surface area contributed by atoms with E-state index in [9.17, 15) is 18.0 Å². The van der Waals surface area contributed by atoms with Crippen LogP contribution in [0, 0.1) is 5.41 Å². The number of alkyl halides is 3. The molecule has 1 aliphatic heterocycles. The predicted octanol–water partition coefficient (Wildman–Crippen LogP) is 3.92. The summed E-state index contributed by atoms with van der Waals surface area (Å²) in [6.45, 7) is -0.292. The Labute approximate surface area is 210 Å². The zero-order chi connectivity index (χ0) is 26.4. The predicted molar refractivity (Wildman–Crippen MR) is 131 cm³/mol. The molecule has 1 saturated heterocycles. The van der Waals surface area contributed by atoms with Crippen molar-refractivity contribution in [3.63, 3.8) is 0 Å². The number of likely N-dealkylation sites (tertiary alicyclic amines) is 1. The quantitative estimate of drug-likeness (QED) is 0.434. The molecule has 0 aliphatic carbocycles. The van der Waals surface area contributed by atoms with Crippen molar-refractivity contribution in [1.29, 1.82) is 0 Å². The van der Waals surface area contributed by atoms with Gasteiger partial charge in [-0.3, -0.25) is 9.48 Å². The van der Waals surface area contributed by atoms with E-state index in [0.717, 1.165) is 5.56 Å². The molecule has 37 heavy (non-hydrogen) atoms. The maximum absolute atomic E-state index is 14.1. The summed E-state index contributed by atoms with van der Waals surface area (Å²) < 4.78 is 49.3. The van der Waals surface area contributed by atoms with Crippen LogP contribution >= 0.6 is 0 Å². The van der Waals surface area contributed by atoms with Crippen molar-refractivity contribution in [3.8, 4) is 28.3 Å². The van der Waals surface area contributed by atoms with Crippen LogP contribution in [-0.2, 0) is 11.8 Å². The van der Waals surface area contributed by atoms with E-state index in [0.29, 0.717) is 22.5 Å². The molecule has 1 amide bonds. The second-order valence-corrected chi connectivity index (χ2v) is 9.08. The Hall–Kier alpha value is -4.06. The molecule has 0 radical (unpaired) electrons. The van der Waals surface area contributed by atoms with Gasteiger partial charge in [-0.15, -0.1) is 0 Å². The normalized spacial score (nSPS) is 18.3. The number of hydrogen-bond donors (Lipinski definition) is 1. The van der Waals surface area contributed by atoms with Gasteiger partial charge in [0.2, 0.25) is 5.91 Å². The summed E-state index contributed by atoms with van der Waals surface area (Å²) in [5.41, 5.74) is 0.702. The van der Waals surface area contributed by atoms with Gasteiger partial charge in [0, 0.05) is 37.0 Å². The molecule has 3 aromatic heterocycles. The van der Waals surface area contributed by atoms with Crippen LogP contribution < -0.4 is 10.1 Å². The number of amides is 1. The third-order valence-corrected chi connectivity index (χ3v) is 6.60. The van der Waals surface area contributed by atoms with Crippen LogP contribution in [0.25, 0.3) is 33.5 Å². The summed E-state index contributed by atoms with van der Waals surface area (Å²) >= 11 is 0. The van der Waals surface area contributed by atoms with E-state index >= 15 is 0 Å². The molecule has 9 nitrogen and oxygen atoms in total. The molecule has 0 saturated carbocycles. The van der Waals surface area contributed by atoms with E-state index in [1.807, 2.05) is 30.3 Å². The lowest BCUT2D eigenvalue weighted by molar-refractivity contribution is -0.214. The lowest BCUT2D eigenvalue weighted by atomic mass is 9.85. The van der Waals surface area contributed by atoms with Crippen molar-refractivity contribution in [3.05, 3.63) is 48.9 Å². The van der Waals surface area contributed by atoms with Crippen LogP contribution in [-0.4, -0.2) is 69.0 Å². The van der Waals surface area contributed by atoms with Crippen LogP contribution in [0.1, 0.15) is 6.42 Å². The number of nitrogens with one attached hydrogen (secondary N) is 1. The fourth-order valence-corrected chi connectivity index (χ4v) is 4.65. The van der Waals surface area contributed by atoms with Crippen molar-refractivity contribution >= 4 is 22.8 Å². The number of benzene rings is 1. The highest BCUT2D eigenvalue weighted by Crippen LogP contribution is 2.46. The highest BCUT2D eigenvalue weighted by atomic mass is 19.4. The SMILES string of the molecule is COc1cc2ncnc(-c3cn(C)nc3-c3ccccc3)c2nc1NC(=O)[C@]1(C(F)(F)F)CCN(C)C1. The number of hydrogen-bond acceptors (Lipinski definition) is 7. The first kappa shape index (κ1) is 24.6. The molecule has 4 heterocycles. The minimum Gasteiger partial charge on any atom is -0.493 e. The number of fused-ring (bicyclic) bond motifs is 1. The van der Waals surface area contributed by atoms with Crippen LogP contribution in [0.2, 0.25) is 0 Å². The smallest absolute Gasteiger partial charge is 0.404 e. The second kappa shape index (κ2) is 9.11. The Morgan fingerprint density at radius 3 is 2.54 bits per heavy atom. The lowest BCUT2D eigenvalue weighted by Gasteiger charge is -2.30. The molecule has 1 aliphatic rings. The second-order valence-electron chi connectivity index (χ2n) is 9.08. The summed E-state index contributed by atoms with van der Waals surface area (Å²) in [5, 5.41) is 6.96. The Kier molecular flexibility index (Phi) is 6.06. The number of carbonyl (C=O) groups is 1. The zero-order valence-corrected chi connectivity index (χ0v) is 20.4. The number of carbonyl (C=O) groups excluding carboxylic acids is 1. The van der Waals surface area contributed by atoms with Gasteiger partial charge >= 0.3 is 6.18 Å². The van der Waals surface area contributed by atoms with Gasteiger partial charge in [0.15, 0.2) is 17.0 Å². The molecular weight excluding hydrogens is 487 g/mol. The third-order valence-electron chi connectivity index (χ3n) is 6.60. The summed E-state index contributed by atoms with van der Waals surface area (Å²) in [6.07, 6.45) is -1.94. The Morgan fingerprint density at radius 2 is 1.89 bits per heavy atom. The van der Waals surface area contributed by atoms with Crippen molar-refractivity contribution in [1.82, 2.24) is 29.6 Å². The first-order chi connectivity index (χ1) is 17.6. The van der Waals surface area contributed by atoms with Crippen molar-refractivity contribution in [2.75, 3.05) is 32.6 Å². The fraction of sp³-hybridized carbons (Fsp3) is 0.320. The van der Waals surface area contributed by atoms with Gasteiger partial charge in [-0.2, -0.15) is 18.3 Å². The Balaban J connectivity index is 1.62. The van der Waals surface area contributed by atoms with Crippen molar-refractivity contribution < 1.29 is 22.7 Å². The molecule has 0 bridgehead atoms. The summed E-state index contributed by atoms with van der Waals surface area (Å²) in [4.78, 5) is 27.8. The highest BCUT2D eigenvalue weighted by molar-refractivity contribution is 6.00. The van der Waals surface area contributed by atoms with E-state index < -0.39 is 24.0 Å². The standard InChI is InChI=1S/C25H24F3N7O2/c1-34-10-9-24(13-34,25(26,27)28)23(36)32-22-18(37-3)11-17-21(31-22)20(30-14-29-17)16-12-35(2)33-19(16)15-7-5-4-6-8-15/h4-8,11-12,14H,9-10,13H2,1-3H3,(H,31,32,36)/t24-/m0/s1. The van der Waals surface area contributed by atoms with E-state index in [1.54, 1.807) is 25.0 Å². The van der Waals surface area contributed by atoms with Gasteiger partial charge in [0.25, 0.3) is 0 Å². The molecule has 1 atom stereocenters. The topological polar surface area (TPSA) is 98.1 Å². The number of aryl methyl sites for hydroxylation is 1. The van der Waals surface area contributed by atoms with E-state index in [-0.39, 0.29) is 30.0 Å². The highest BCUT2D eigenvalue weighted by Gasteiger charge is 2.62. The monoisotopic (exact) mass is 511 g/mol. The van der Waals surface area contributed by atoms with Crippen molar-refractivity contribution in [2.45, 2.75) is 12.6 Å². The van der Waals surface area contributed by atoms with E-state index in [4.69, 9.17) is 4.74 Å². The number of halogens is 3. The number of anilines is 1. The Morgan fingerprint density at radius 1 is 1.14 bits per heavy atom. The number of ether oxygens (including phenoxy) is 1. The number of nitrogens with zero attached hydrogens (tertiary/aromatic N) is 6. The van der Waals surface area contributed by atoms with Gasteiger partial charge in [-0.1, -0.05) is 30.3 Å². The maximum Gasteiger partial charge on any atom is 0.404 e. The number of rotatable bonds is 5. The molecule has 1 fully saturated rings. The minimum absolute atomic E-state index is 0.0867. The van der Waals surface area contributed by atoms with Gasteiger partial charge in [0.1, 0.15) is 23.2 Å². The first-order valence-corrected chi connectivity index (χ1v) is 11.5. The van der Waals surface area contributed by atoms with E-state index in [2.05, 4.69) is 25.4 Å². The molecule has 192 valence electrons. The molecular formula is C25H24F3N7O2. The zero-order valence-electron chi connectivity index (χ0n) is 20.4. The number of methoxy groups -OCH3 is 1. The van der Waals surface area contributed by atoms with Gasteiger partial charge in [-0.05, 0) is 20.0 Å². The molecule has 1 N–H and O–H groups in total. The number of pyridine rings is 1. The first-order valence-electron chi connectivity index (χ1n) is 11.5. The van der Waals surface area contributed by atoms with Crippen LogP contribution in [0.5, 0.6) is 5.75 Å². The van der Waals surface area contributed by atoms with Gasteiger partial charge < -0.3 is 15.0 Å². The number of aromatic nitrogens is 5. The van der Waals surface area contributed by atoms with Crippen LogP contribution in [0.3, 0.4) is 0 Å².